The molecule has 1 aliphatic heterocycles. The molecule has 0 atom stereocenters. The van der Waals surface area contributed by atoms with E-state index in [9.17, 15) is 14.4 Å². The second kappa shape index (κ2) is 5.88. The minimum atomic E-state index is -0.512. The molecule has 0 aromatic heterocycles. The molecule has 0 aliphatic carbocycles. The van der Waals surface area contributed by atoms with Gasteiger partial charge in [0, 0.05) is 6.08 Å². The van der Waals surface area contributed by atoms with Gasteiger partial charge in [0.2, 0.25) is 0 Å². The van der Waals surface area contributed by atoms with E-state index < -0.39 is 5.97 Å². The molecule has 5 nitrogen and oxygen atoms in total. The second-order valence-corrected chi connectivity index (χ2v) is 4.91. The van der Waals surface area contributed by atoms with Crippen LogP contribution in [0.25, 0.3) is 6.08 Å². The maximum absolute atomic E-state index is 12.5. The van der Waals surface area contributed by atoms with Gasteiger partial charge in [-0.15, -0.1) is 0 Å². The van der Waals surface area contributed by atoms with Crippen LogP contribution >= 0.6 is 0 Å². The van der Waals surface area contributed by atoms with Crippen molar-refractivity contribution in [2.45, 2.75) is 0 Å². The highest BCUT2D eigenvalue weighted by molar-refractivity contribution is 6.34. The molecule has 0 fully saturated rings. The van der Waals surface area contributed by atoms with Crippen LogP contribution in [0, 0.1) is 0 Å². The van der Waals surface area contributed by atoms with E-state index in [-0.39, 0.29) is 11.8 Å². The third kappa shape index (κ3) is 2.53. The highest BCUT2D eigenvalue weighted by Gasteiger charge is 2.36. The highest BCUT2D eigenvalue weighted by atomic mass is 16.5. The van der Waals surface area contributed by atoms with E-state index in [1.165, 1.54) is 19.3 Å². The topological polar surface area (TPSA) is 63.7 Å². The fraction of sp³-hybridized carbons (Fsp3) is 0.0556. The molecule has 0 unspecified atom stereocenters. The lowest BCUT2D eigenvalue weighted by atomic mass is 10.1. The van der Waals surface area contributed by atoms with Crippen molar-refractivity contribution in [3.05, 3.63) is 71.3 Å². The van der Waals surface area contributed by atoms with Crippen LogP contribution in [0.3, 0.4) is 0 Å². The number of amides is 2. The lowest BCUT2D eigenvalue weighted by Gasteiger charge is -2.16. The Hall–Kier alpha value is -3.21. The van der Waals surface area contributed by atoms with Crippen LogP contribution in [0.1, 0.15) is 26.3 Å². The van der Waals surface area contributed by atoms with E-state index in [1.807, 2.05) is 0 Å². The summed E-state index contributed by atoms with van der Waals surface area (Å²) in [4.78, 5) is 37.5. The number of carbonyl (C=O) groups excluding carboxylic acids is 3. The first-order valence-corrected chi connectivity index (χ1v) is 6.96. The number of hydrogen-bond donors (Lipinski definition) is 0. The molecule has 0 saturated carbocycles. The fourth-order valence-corrected chi connectivity index (χ4v) is 2.47. The van der Waals surface area contributed by atoms with E-state index in [4.69, 9.17) is 0 Å². The Balaban J connectivity index is 2.04. The van der Waals surface area contributed by atoms with Crippen LogP contribution in [-0.2, 0) is 9.53 Å². The van der Waals surface area contributed by atoms with E-state index >= 15 is 0 Å². The zero-order valence-electron chi connectivity index (χ0n) is 12.4. The van der Waals surface area contributed by atoms with Gasteiger partial charge in [0.15, 0.2) is 0 Å². The number of anilines is 1. The van der Waals surface area contributed by atoms with Gasteiger partial charge in [-0.1, -0.05) is 30.3 Å². The molecule has 5 heteroatoms. The van der Waals surface area contributed by atoms with Crippen LogP contribution in [-0.4, -0.2) is 24.9 Å². The Morgan fingerprint density at radius 2 is 1.52 bits per heavy atom. The zero-order chi connectivity index (χ0) is 16.4. The second-order valence-electron chi connectivity index (χ2n) is 4.91. The summed E-state index contributed by atoms with van der Waals surface area (Å²) < 4.78 is 4.56. The van der Waals surface area contributed by atoms with Gasteiger partial charge in [-0.3, -0.25) is 9.59 Å². The normalized spacial score (nSPS) is 13.5. The monoisotopic (exact) mass is 307 g/mol. The van der Waals surface area contributed by atoms with Crippen molar-refractivity contribution >= 4 is 29.5 Å². The molecule has 0 saturated heterocycles. The van der Waals surface area contributed by atoms with Crippen LogP contribution in [0.5, 0.6) is 0 Å². The van der Waals surface area contributed by atoms with Crippen molar-refractivity contribution in [2.75, 3.05) is 12.0 Å². The predicted octanol–water partition coefficient (Wildman–Crippen LogP) is 2.67. The number of methoxy groups -OCH3 is 1. The van der Waals surface area contributed by atoms with Crippen LogP contribution in [0.2, 0.25) is 0 Å². The lowest BCUT2D eigenvalue weighted by Crippen LogP contribution is -2.29. The number of fused-ring (bicyclic) bond motifs is 1. The summed E-state index contributed by atoms with van der Waals surface area (Å²) in [7, 11) is 1.28. The molecular weight excluding hydrogens is 294 g/mol. The van der Waals surface area contributed by atoms with E-state index in [0.29, 0.717) is 22.4 Å². The number of imide groups is 1. The number of para-hydroxylation sites is 1. The number of benzene rings is 2. The smallest absolute Gasteiger partial charge is 0.330 e. The number of esters is 1. The largest absolute Gasteiger partial charge is 0.466 e. The van der Waals surface area contributed by atoms with E-state index in [2.05, 4.69) is 4.74 Å². The standard InChI is InChI=1S/C18H13NO4/c1-23-16(20)11-10-12-6-2-5-9-15(12)19-17(21)13-7-3-4-8-14(13)18(19)22/h2-11H,1H3. The fourth-order valence-electron chi connectivity index (χ4n) is 2.47. The van der Waals surface area contributed by atoms with Crippen molar-refractivity contribution in [1.82, 2.24) is 0 Å². The van der Waals surface area contributed by atoms with Crippen molar-refractivity contribution in [3.63, 3.8) is 0 Å². The SMILES string of the molecule is COC(=O)C=Cc1ccccc1N1C(=O)c2ccccc2C1=O. The molecule has 3 rings (SSSR count). The molecule has 1 aliphatic rings. The molecule has 0 bridgehead atoms. The summed E-state index contributed by atoms with van der Waals surface area (Å²) in [6, 6.07) is 13.6. The van der Waals surface area contributed by atoms with E-state index in [1.54, 1.807) is 48.5 Å². The molecule has 0 radical (unpaired) electrons. The Labute approximate surface area is 132 Å². The zero-order valence-corrected chi connectivity index (χ0v) is 12.4. The first-order chi connectivity index (χ1) is 11.1. The Bertz CT molecular complexity index is 803. The Morgan fingerprint density at radius 1 is 0.957 bits per heavy atom. The van der Waals surface area contributed by atoms with Gasteiger partial charge in [0.05, 0.1) is 23.9 Å². The molecule has 1 heterocycles. The van der Waals surface area contributed by atoms with Gasteiger partial charge in [-0.25, -0.2) is 9.69 Å². The number of ether oxygens (including phenoxy) is 1. The summed E-state index contributed by atoms with van der Waals surface area (Å²) in [6.07, 6.45) is 2.77. The average molecular weight is 307 g/mol. The molecule has 23 heavy (non-hydrogen) atoms. The Morgan fingerprint density at radius 3 is 2.13 bits per heavy atom. The quantitative estimate of drug-likeness (QED) is 0.497. The number of hydrogen-bond acceptors (Lipinski definition) is 4. The lowest BCUT2D eigenvalue weighted by molar-refractivity contribution is -0.134. The number of nitrogens with zero attached hydrogens (tertiary/aromatic N) is 1. The average Bonchev–Trinajstić information content (AvgIpc) is 2.84. The third-order valence-electron chi connectivity index (χ3n) is 3.57. The first-order valence-electron chi connectivity index (χ1n) is 6.96. The van der Waals surface area contributed by atoms with Crippen LogP contribution < -0.4 is 4.90 Å². The van der Waals surface area contributed by atoms with Crippen molar-refractivity contribution < 1.29 is 19.1 Å². The summed E-state index contributed by atoms with van der Waals surface area (Å²) in [5.74, 6) is -1.25. The minimum Gasteiger partial charge on any atom is -0.466 e. The van der Waals surface area contributed by atoms with Gasteiger partial charge in [0.1, 0.15) is 0 Å². The number of rotatable bonds is 3. The van der Waals surface area contributed by atoms with Gasteiger partial charge >= 0.3 is 5.97 Å². The van der Waals surface area contributed by atoms with Gasteiger partial charge in [-0.2, -0.15) is 0 Å². The molecule has 0 N–H and O–H groups in total. The molecule has 0 spiro atoms. The third-order valence-corrected chi connectivity index (χ3v) is 3.57. The molecular formula is C18H13NO4. The van der Waals surface area contributed by atoms with Crippen molar-refractivity contribution in [2.24, 2.45) is 0 Å². The summed E-state index contributed by atoms with van der Waals surface area (Å²) >= 11 is 0. The molecule has 2 aromatic rings. The van der Waals surface area contributed by atoms with Crippen LogP contribution in [0.15, 0.2) is 54.6 Å². The first kappa shape index (κ1) is 14.7. The Kier molecular flexibility index (Phi) is 3.76. The molecule has 2 amide bonds. The van der Waals surface area contributed by atoms with Gasteiger partial charge in [-0.05, 0) is 29.8 Å². The van der Waals surface area contributed by atoms with Gasteiger partial charge in [0.25, 0.3) is 11.8 Å². The maximum Gasteiger partial charge on any atom is 0.330 e. The van der Waals surface area contributed by atoms with Crippen LogP contribution in [0.4, 0.5) is 5.69 Å². The summed E-state index contributed by atoms with van der Waals surface area (Å²) in [6.45, 7) is 0. The van der Waals surface area contributed by atoms with Crippen molar-refractivity contribution in [1.29, 1.82) is 0 Å². The summed E-state index contributed by atoms with van der Waals surface area (Å²) in [5, 5.41) is 0. The van der Waals surface area contributed by atoms with Crippen molar-refractivity contribution in [3.8, 4) is 0 Å². The van der Waals surface area contributed by atoms with E-state index in [0.717, 1.165) is 4.90 Å². The molecule has 114 valence electrons. The summed E-state index contributed by atoms with van der Waals surface area (Å²) in [5.41, 5.74) is 1.76. The highest BCUT2D eigenvalue weighted by Crippen LogP contribution is 2.31. The number of carbonyl (C=O) groups is 3. The maximum atomic E-state index is 12.5. The minimum absolute atomic E-state index is 0.371. The molecule has 2 aromatic carbocycles. The van der Waals surface area contributed by atoms with Gasteiger partial charge < -0.3 is 4.74 Å². The predicted molar refractivity (Wildman–Crippen MR) is 85.1 cm³/mol.